The molecule has 21 heavy (non-hydrogen) atoms. The van der Waals surface area contributed by atoms with Crippen LogP contribution in [0.15, 0.2) is 23.2 Å². The third kappa shape index (κ3) is 5.58. The first-order chi connectivity index (χ1) is 9.87. The summed E-state index contributed by atoms with van der Waals surface area (Å²) in [4.78, 5) is 15.4. The monoisotopic (exact) mass is 335 g/mol. The van der Waals surface area contributed by atoms with E-state index in [1.165, 1.54) is 19.2 Å². The van der Waals surface area contributed by atoms with Crippen LogP contribution >= 0.6 is 11.6 Å². The van der Waals surface area contributed by atoms with E-state index in [4.69, 9.17) is 16.3 Å². The molecule has 0 spiro atoms. The molecular weight excluding hydrogens is 318 g/mol. The first-order valence-corrected chi connectivity index (χ1v) is 8.03. The number of amides is 1. The highest BCUT2D eigenvalue weighted by Crippen LogP contribution is 2.14. The lowest BCUT2D eigenvalue weighted by Gasteiger charge is -2.16. The van der Waals surface area contributed by atoms with E-state index in [9.17, 15) is 13.2 Å². The fourth-order valence-electron chi connectivity index (χ4n) is 1.48. The molecule has 118 valence electrons. The van der Waals surface area contributed by atoms with Gasteiger partial charge in [-0.1, -0.05) is 11.6 Å². The van der Waals surface area contributed by atoms with Gasteiger partial charge in [-0.25, -0.2) is 13.4 Å². The van der Waals surface area contributed by atoms with Crippen molar-refractivity contribution in [2.75, 3.05) is 33.9 Å². The third-order valence-electron chi connectivity index (χ3n) is 2.62. The predicted molar refractivity (Wildman–Crippen MR) is 78.6 cm³/mol. The van der Waals surface area contributed by atoms with Crippen LogP contribution in [-0.4, -0.2) is 57.5 Å². The standard InChI is InChI=1S/C12H18ClN3O4S/c1-16(9-12(17)14-6-3-7-20-2)21(18,19)10-4-5-11(13)15-8-10/h4-5,8H,3,6-7,9H2,1-2H3,(H,14,17). The van der Waals surface area contributed by atoms with Crippen LogP contribution in [0.25, 0.3) is 0 Å². The van der Waals surface area contributed by atoms with E-state index in [2.05, 4.69) is 10.3 Å². The topological polar surface area (TPSA) is 88.6 Å². The van der Waals surface area contributed by atoms with Crippen LogP contribution in [0.4, 0.5) is 0 Å². The highest BCUT2D eigenvalue weighted by Gasteiger charge is 2.23. The molecule has 0 fully saturated rings. The lowest BCUT2D eigenvalue weighted by molar-refractivity contribution is -0.121. The first-order valence-electron chi connectivity index (χ1n) is 6.21. The van der Waals surface area contributed by atoms with Crippen molar-refractivity contribution in [1.82, 2.24) is 14.6 Å². The Kier molecular flexibility index (Phi) is 7.03. The second kappa shape index (κ2) is 8.28. The molecule has 0 aromatic carbocycles. The quantitative estimate of drug-likeness (QED) is 0.552. The number of rotatable bonds is 8. The molecule has 0 saturated carbocycles. The van der Waals surface area contributed by atoms with Crippen LogP contribution in [0, 0.1) is 0 Å². The molecule has 0 aliphatic heterocycles. The minimum absolute atomic E-state index is 0.0124. The number of aromatic nitrogens is 1. The summed E-state index contributed by atoms with van der Waals surface area (Å²) in [5.74, 6) is -0.376. The smallest absolute Gasteiger partial charge is 0.244 e. The van der Waals surface area contributed by atoms with Gasteiger partial charge in [0.1, 0.15) is 10.0 Å². The van der Waals surface area contributed by atoms with Gasteiger partial charge in [0, 0.05) is 33.5 Å². The number of pyridine rings is 1. The van der Waals surface area contributed by atoms with E-state index in [1.54, 1.807) is 7.11 Å². The Morgan fingerprint density at radius 1 is 1.48 bits per heavy atom. The number of hydrogen-bond donors (Lipinski definition) is 1. The second-order valence-electron chi connectivity index (χ2n) is 4.27. The largest absolute Gasteiger partial charge is 0.385 e. The van der Waals surface area contributed by atoms with Crippen LogP contribution < -0.4 is 5.32 Å². The highest BCUT2D eigenvalue weighted by atomic mass is 35.5. The van der Waals surface area contributed by atoms with Gasteiger partial charge >= 0.3 is 0 Å². The normalized spacial score (nSPS) is 11.6. The molecule has 0 radical (unpaired) electrons. The summed E-state index contributed by atoms with van der Waals surface area (Å²) in [6.07, 6.45) is 1.82. The molecule has 1 N–H and O–H groups in total. The van der Waals surface area contributed by atoms with E-state index < -0.39 is 10.0 Å². The molecule has 1 aromatic heterocycles. The van der Waals surface area contributed by atoms with Gasteiger partial charge in [-0.05, 0) is 18.6 Å². The summed E-state index contributed by atoms with van der Waals surface area (Å²) >= 11 is 5.61. The Labute approximate surface area is 129 Å². The summed E-state index contributed by atoms with van der Waals surface area (Å²) in [6, 6.07) is 2.73. The Balaban J connectivity index is 2.59. The third-order valence-corrected chi connectivity index (χ3v) is 4.63. The van der Waals surface area contributed by atoms with Crippen molar-refractivity contribution in [2.24, 2.45) is 0 Å². The molecule has 0 unspecified atom stereocenters. The molecule has 0 saturated heterocycles. The molecule has 1 heterocycles. The summed E-state index contributed by atoms with van der Waals surface area (Å²) in [7, 11) is -0.856. The first kappa shape index (κ1) is 17.8. The molecular formula is C12H18ClN3O4S. The van der Waals surface area contributed by atoms with Crippen molar-refractivity contribution >= 4 is 27.5 Å². The minimum atomic E-state index is -3.76. The number of likely N-dealkylation sites (N-methyl/N-ethyl adjacent to an activating group) is 1. The molecule has 1 amide bonds. The molecule has 0 bridgehead atoms. The molecule has 1 aromatic rings. The van der Waals surface area contributed by atoms with Crippen molar-refractivity contribution in [3.8, 4) is 0 Å². The zero-order chi connectivity index (χ0) is 15.9. The van der Waals surface area contributed by atoms with Gasteiger partial charge in [-0.15, -0.1) is 0 Å². The maximum Gasteiger partial charge on any atom is 0.244 e. The number of nitrogens with zero attached hydrogens (tertiary/aromatic N) is 2. The van der Waals surface area contributed by atoms with Crippen molar-refractivity contribution in [3.63, 3.8) is 0 Å². The Morgan fingerprint density at radius 2 is 2.19 bits per heavy atom. The zero-order valence-electron chi connectivity index (χ0n) is 11.9. The van der Waals surface area contributed by atoms with E-state index in [-0.39, 0.29) is 22.5 Å². The van der Waals surface area contributed by atoms with Crippen LogP contribution in [0.2, 0.25) is 5.15 Å². The number of sulfonamides is 1. The number of nitrogens with one attached hydrogen (secondary N) is 1. The van der Waals surface area contributed by atoms with Gasteiger partial charge in [0.05, 0.1) is 6.54 Å². The number of hydrogen-bond acceptors (Lipinski definition) is 5. The molecule has 0 atom stereocenters. The lowest BCUT2D eigenvalue weighted by atomic mass is 10.4. The van der Waals surface area contributed by atoms with Crippen LogP contribution in [0.1, 0.15) is 6.42 Å². The lowest BCUT2D eigenvalue weighted by Crippen LogP contribution is -2.38. The predicted octanol–water partition coefficient (Wildman–Crippen LogP) is 0.508. The maximum atomic E-state index is 12.2. The second-order valence-corrected chi connectivity index (χ2v) is 6.71. The Bertz CT molecular complexity index is 562. The van der Waals surface area contributed by atoms with Gasteiger partial charge in [-0.2, -0.15) is 4.31 Å². The maximum absolute atomic E-state index is 12.2. The van der Waals surface area contributed by atoms with Crippen molar-refractivity contribution < 1.29 is 17.9 Å². The van der Waals surface area contributed by atoms with Gasteiger partial charge in [0.15, 0.2) is 0 Å². The van der Waals surface area contributed by atoms with Gasteiger partial charge in [0.2, 0.25) is 15.9 Å². The number of halogens is 1. The van der Waals surface area contributed by atoms with E-state index >= 15 is 0 Å². The van der Waals surface area contributed by atoms with Crippen molar-refractivity contribution in [1.29, 1.82) is 0 Å². The van der Waals surface area contributed by atoms with Crippen molar-refractivity contribution in [3.05, 3.63) is 23.5 Å². The van der Waals surface area contributed by atoms with Crippen LogP contribution in [-0.2, 0) is 19.6 Å². The van der Waals surface area contributed by atoms with Gasteiger partial charge in [0.25, 0.3) is 0 Å². The van der Waals surface area contributed by atoms with E-state index in [0.29, 0.717) is 19.6 Å². The summed E-state index contributed by atoms with van der Waals surface area (Å²) in [6.45, 7) is 0.700. The molecule has 7 nitrogen and oxygen atoms in total. The molecule has 0 aliphatic carbocycles. The summed E-state index contributed by atoms with van der Waals surface area (Å²) < 4.78 is 30.2. The zero-order valence-corrected chi connectivity index (χ0v) is 13.4. The molecule has 0 aliphatic rings. The Morgan fingerprint density at radius 3 is 2.76 bits per heavy atom. The average Bonchev–Trinajstić information content (AvgIpc) is 2.44. The van der Waals surface area contributed by atoms with E-state index in [1.807, 2.05) is 0 Å². The molecule has 1 rings (SSSR count). The van der Waals surface area contributed by atoms with E-state index in [0.717, 1.165) is 10.5 Å². The Hall–Kier alpha value is -1.22. The highest BCUT2D eigenvalue weighted by molar-refractivity contribution is 7.89. The fourth-order valence-corrected chi connectivity index (χ4v) is 2.67. The number of carbonyl (C=O) groups excluding carboxylic acids is 1. The fraction of sp³-hybridized carbons (Fsp3) is 0.500. The summed E-state index contributed by atoms with van der Waals surface area (Å²) in [5, 5.41) is 2.82. The number of methoxy groups -OCH3 is 1. The summed E-state index contributed by atoms with van der Waals surface area (Å²) in [5.41, 5.74) is 0. The van der Waals surface area contributed by atoms with Gasteiger partial charge in [-0.3, -0.25) is 4.79 Å². The van der Waals surface area contributed by atoms with Gasteiger partial charge < -0.3 is 10.1 Å². The van der Waals surface area contributed by atoms with Crippen molar-refractivity contribution in [2.45, 2.75) is 11.3 Å². The number of ether oxygens (including phenoxy) is 1. The van der Waals surface area contributed by atoms with Crippen LogP contribution in [0.5, 0.6) is 0 Å². The number of carbonyl (C=O) groups is 1. The SMILES string of the molecule is COCCCNC(=O)CN(C)S(=O)(=O)c1ccc(Cl)nc1. The molecule has 9 heteroatoms. The average molecular weight is 336 g/mol. The van der Waals surface area contributed by atoms with Crippen LogP contribution in [0.3, 0.4) is 0 Å². The minimum Gasteiger partial charge on any atom is -0.385 e.